The second-order valence-electron chi connectivity index (χ2n) is 7.67. The molecule has 1 amide bonds. The Hall–Kier alpha value is -2.87. The van der Waals surface area contributed by atoms with E-state index >= 15 is 0 Å². The van der Waals surface area contributed by atoms with Crippen LogP contribution >= 0.6 is 0 Å². The van der Waals surface area contributed by atoms with Crippen LogP contribution in [-0.4, -0.2) is 35.7 Å². The summed E-state index contributed by atoms with van der Waals surface area (Å²) in [6.07, 6.45) is 5.27. The first-order chi connectivity index (χ1) is 14.5. The minimum Gasteiger partial charge on any atom is -0.383 e. The van der Waals surface area contributed by atoms with Gasteiger partial charge in [0.05, 0.1) is 13.0 Å². The molecule has 3 rings (SSSR count). The molecule has 0 spiro atoms. The standard InChI is InChI=1S/C22H30N4O4/c1-3-10-26-20(23)19(21(28)24-22(26)29)25(11-12-30-2)18(27)14-15-8-9-16-6-4-5-7-17(16)13-15/h8-9,13H,3-7,10-12,14,23H2,1-2H3,(H,24,28,29). The number of ether oxygens (including phenoxy) is 1. The van der Waals surface area contributed by atoms with Crippen molar-refractivity contribution in [2.75, 3.05) is 30.9 Å². The van der Waals surface area contributed by atoms with Crippen LogP contribution in [0.15, 0.2) is 27.8 Å². The Labute approximate surface area is 175 Å². The van der Waals surface area contributed by atoms with Crippen molar-refractivity contribution in [3.05, 3.63) is 55.7 Å². The lowest BCUT2D eigenvalue weighted by Gasteiger charge is -2.24. The molecule has 0 radical (unpaired) electrons. The van der Waals surface area contributed by atoms with E-state index in [0.29, 0.717) is 13.0 Å². The van der Waals surface area contributed by atoms with Crippen LogP contribution in [0.25, 0.3) is 0 Å². The van der Waals surface area contributed by atoms with Gasteiger partial charge in [-0.1, -0.05) is 25.1 Å². The van der Waals surface area contributed by atoms with E-state index < -0.39 is 11.2 Å². The Balaban J connectivity index is 1.94. The third kappa shape index (κ3) is 4.64. The Morgan fingerprint density at radius 1 is 1.23 bits per heavy atom. The molecule has 1 aromatic heterocycles. The lowest BCUT2D eigenvalue weighted by molar-refractivity contribution is -0.118. The van der Waals surface area contributed by atoms with E-state index in [0.717, 1.165) is 24.8 Å². The van der Waals surface area contributed by atoms with Crippen molar-refractivity contribution < 1.29 is 9.53 Å². The minimum absolute atomic E-state index is 0.000457. The van der Waals surface area contributed by atoms with Crippen molar-refractivity contribution in [1.29, 1.82) is 0 Å². The summed E-state index contributed by atoms with van der Waals surface area (Å²) in [4.78, 5) is 41.6. The summed E-state index contributed by atoms with van der Waals surface area (Å²) in [6.45, 7) is 2.66. The van der Waals surface area contributed by atoms with Gasteiger partial charge < -0.3 is 15.4 Å². The maximum atomic E-state index is 13.2. The van der Waals surface area contributed by atoms with Gasteiger partial charge in [0.1, 0.15) is 5.82 Å². The molecule has 3 N–H and O–H groups in total. The molecule has 1 heterocycles. The van der Waals surface area contributed by atoms with E-state index in [4.69, 9.17) is 10.5 Å². The summed E-state index contributed by atoms with van der Waals surface area (Å²) in [5, 5.41) is 0. The number of nitrogens with one attached hydrogen (secondary N) is 1. The zero-order valence-corrected chi connectivity index (χ0v) is 17.7. The fraction of sp³-hybridized carbons (Fsp3) is 0.500. The average molecular weight is 415 g/mol. The number of nitrogens with zero attached hydrogens (tertiary/aromatic N) is 2. The van der Waals surface area contributed by atoms with Crippen LogP contribution in [0.1, 0.15) is 42.9 Å². The Morgan fingerprint density at radius 3 is 2.67 bits per heavy atom. The summed E-state index contributed by atoms with van der Waals surface area (Å²) in [6, 6.07) is 6.16. The number of nitrogens with two attached hydrogens (primary N) is 1. The number of fused-ring (bicyclic) bond motifs is 1. The Kier molecular flexibility index (Phi) is 7.10. The number of aromatic amines is 1. The van der Waals surface area contributed by atoms with Gasteiger partial charge in [0.2, 0.25) is 5.91 Å². The monoisotopic (exact) mass is 414 g/mol. The van der Waals surface area contributed by atoms with Gasteiger partial charge in [-0.25, -0.2) is 4.79 Å². The third-order valence-corrected chi connectivity index (χ3v) is 5.52. The Morgan fingerprint density at radius 2 is 1.97 bits per heavy atom. The Bertz CT molecular complexity index is 1020. The first-order valence-corrected chi connectivity index (χ1v) is 10.5. The second kappa shape index (κ2) is 9.75. The largest absolute Gasteiger partial charge is 0.383 e. The first kappa shape index (κ1) is 21.8. The molecule has 1 aliphatic carbocycles. The summed E-state index contributed by atoms with van der Waals surface area (Å²) >= 11 is 0. The summed E-state index contributed by atoms with van der Waals surface area (Å²) in [5.74, 6) is -0.262. The van der Waals surface area contributed by atoms with Crippen LogP contribution in [-0.2, 0) is 35.3 Å². The number of hydrogen-bond acceptors (Lipinski definition) is 5. The van der Waals surface area contributed by atoms with Crippen LogP contribution in [0.5, 0.6) is 0 Å². The number of carbonyl (C=O) groups excluding carboxylic acids is 1. The van der Waals surface area contributed by atoms with E-state index in [1.807, 2.05) is 13.0 Å². The fourth-order valence-electron chi connectivity index (χ4n) is 3.99. The molecule has 0 atom stereocenters. The highest BCUT2D eigenvalue weighted by Gasteiger charge is 2.24. The van der Waals surface area contributed by atoms with Crippen molar-refractivity contribution in [2.45, 2.75) is 52.0 Å². The molecular formula is C22H30N4O4. The van der Waals surface area contributed by atoms with Crippen LogP contribution in [0.4, 0.5) is 11.5 Å². The van der Waals surface area contributed by atoms with Gasteiger partial charge in [-0.15, -0.1) is 0 Å². The third-order valence-electron chi connectivity index (χ3n) is 5.52. The number of amides is 1. The average Bonchev–Trinajstić information content (AvgIpc) is 2.73. The van der Waals surface area contributed by atoms with E-state index in [2.05, 4.69) is 17.1 Å². The number of benzene rings is 1. The SMILES string of the molecule is CCCn1c(N)c(N(CCOC)C(=O)Cc2ccc3c(c2)CCCC3)c(=O)[nH]c1=O. The number of nitrogen functional groups attached to an aromatic ring is 1. The van der Waals surface area contributed by atoms with Crippen LogP contribution < -0.4 is 21.9 Å². The zero-order chi connectivity index (χ0) is 21.7. The number of rotatable bonds is 8. The van der Waals surface area contributed by atoms with E-state index in [1.165, 1.54) is 34.1 Å². The number of hydrogen-bond donors (Lipinski definition) is 2. The van der Waals surface area contributed by atoms with Crippen molar-refractivity contribution in [1.82, 2.24) is 9.55 Å². The van der Waals surface area contributed by atoms with Crippen LogP contribution in [0.3, 0.4) is 0 Å². The van der Waals surface area contributed by atoms with Crippen molar-refractivity contribution in [2.24, 2.45) is 0 Å². The number of anilines is 2. The molecule has 0 unspecified atom stereocenters. The van der Waals surface area contributed by atoms with Gasteiger partial charge in [0, 0.05) is 20.2 Å². The number of aryl methyl sites for hydroxylation is 2. The highest BCUT2D eigenvalue weighted by atomic mass is 16.5. The van der Waals surface area contributed by atoms with Gasteiger partial charge >= 0.3 is 5.69 Å². The number of H-pyrrole nitrogens is 1. The summed E-state index contributed by atoms with van der Waals surface area (Å²) < 4.78 is 6.43. The van der Waals surface area contributed by atoms with E-state index in [-0.39, 0.29) is 37.0 Å². The predicted octanol–water partition coefficient (Wildman–Crippen LogP) is 1.63. The molecule has 0 aliphatic heterocycles. The number of aromatic nitrogens is 2. The molecule has 30 heavy (non-hydrogen) atoms. The molecule has 0 saturated heterocycles. The maximum absolute atomic E-state index is 13.2. The first-order valence-electron chi connectivity index (χ1n) is 10.5. The summed E-state index contributed by atoms with van der Waals surface area (Å²) in [7, 11) is 1.53. The molecule has 0 saturated carbocycles. The van der Waals surface area contributed by atoms with Gasteiger partial charge in [-0.3, -0.25) is 19.1 Å². The molecule has 0 bridgehead atoms. The maximum Gasteiger partial charge on any atom is 0.330 e. The number of methoxy groups -OCH3 is 1. The highest BCUT2D eigenvalue weighted by molar-refractivity contribution is 5.96. The van der Waals surface area contributed by atoms with Crippen LogP contribution in [0.2, 0.25) is 0 Å². The second-order valence-corrected chi connectivity index (χ2v) is 7.67. The molecule has 8 nitrogen and oxygen atoms in total. The van der Waals surface area contributed by atoms with Crippen LogP contribution in [0, 0.1) is 0 Å². The minimum atomic E-state index is -0.667. The molecule has 0 fully saturated rings. The predicted molar refractivity (Wildman–Crippen MR) is 117 cm³/mol. The highest BCUT2D eigenvalue weighted by Crippen LogP contribution is 2.23. The molecule has 8 heteroatoms. The fourth-order valence-corrected chi connectivity index (χ4v) is 3.99. The van der Waals surface area contributed by atoms with Gasteiger partial charge in [-0.2, -0.15) is 0 Å². The van der Waals surface area contributed by atoms with Crippen molar-refractivity contribution >= 4 is 17.4 Å². The van der Waals surface area contributed by atoms with Gasteiger partial charge in [0.25, 0.3) is 5.56 Å². The van der Waals surface area contributed by atoms with Gasteiger partial charge in [-0.05, 0) is 48.8 Å². The van der Waals surface area contributed by atoms with E-state index in [9.17, 15) is 14.4 Å². The molecule has 1 aromatic carbocycles. The topological polar surface area (TPSA) is 110 Å². The zero-order valence-electron chi connectivity index (χ0n) is 17.7. The molecule has 1 aliphatic rings. The normalized spacial score (nSPS) is 13.1. The quantitative estimate of drug-likeness (QED) is 0.682. The molecule has 162 valence electrons. The lowest BCUT2D eigenvalue weighted by Crippen LogP contribution is -2.43. The summed E-state index contributed by atoms with van der Waals surface area (Å²) in [5.41, 5.74) is 8.48. The lowest BCUT2D eigenvalue weighted by atomic mass is 9.90. The van der Waals surface area contributed by atoms with Crippen molar-refractivity contribution in [3.8, 4) is 0 Å². The van der Waals surface area contributed by atoms with E-state index in [1.54, 1.807) is 0 Å². The van der Waals surface area contributed by atoms with Crippen molar-refractivity contribution in [3.63, 3.8) is 0 Å². The molecule has 2 aromatic rings. The number of carbonyl (C=O) groups is 1. The van der Waals surface area contributed by atoms with Gasteiger partial charge in [0.15, 0.2) is 5.69 Å². The molecular weight excluding hydrogens is 384 g/mol. The smallest absolute Gasteiger partial charge is 0.330 e.